The zero-order valence-corrected chi connectivity index (χ0v) is 11.0. The van der Waals surface area contributed by atoms with Crippen LogP contribution >= 0.6 is 0 Å². The fourth-order valence-electron chi connectivity index (χ4n) is 2.05. The Kier molecular flexibility index (Phi) is 4.10. The molecule has 3 heteroatoms. The van der Waals surface area contributed by atoms with E-state index in [0.717, 1.165) is 12.8 Å². The van der Waals surface area contributed by atoms with Crippen LogP contribution in [0.25, 0.3) is 0 Å². The first kappa shape index (κ1) is 12.9. The lowest BCUT2D eigenvalue weighted by Crippen LogP contribution is -2.42. The number of carbonyl (C=O) groups excluding carboxylic acids is 1. The van der Waals surface area contributed by atoms with E-state index < -0.39 is 10.8 Å². The minimum atomic E-state index is -0.862. The van der Waals surface area contributed by atoms with Crippen LogP contribution in [0.3, 0.4) is 0 Å². The summed E-state index contributed by atoms with van der Waals surface area (Å²) in [6, 6.07) is 0. The summed E-state index contributed by atoms with van der Waals surface area (Å²) in [5.74, 6) is 0.288. The van der Waals surface area contributed by atoms with Gasteiger partial charge in [-0.25, -0.2) is 0 Å². The summed E-state index contributed by atoms with van der Waals surface area (Å²) in [4.78, 5) is 11.4. The molecule has 2 nitrogen and oxygen atoms in total. The number of hydrogen-bond acceptors (Lipinski definition) is 2. The van der Waals surface area contributed by atoms with E-state index in [0.29, 0.717) is 12.8 Å². The SMILES string of the molecule is CCC(C)S(=O)C1CC(=O)CCC1(C)C. The van der Waals surface area contributed by atoms with E-state index >= 15 is 0 Å². The third kappa shape index (κ3) is 2.90. The third-order valence-electron chi connectivity index (χ3n) is 3.58. The number of ketones is 1. The van der Waals surface area contributed by atoms with Crippen molar-refractivity contribution in [2.75, 3.05) is 0 Å². The van der Waals surface area contributed by atoms with Gasteiger partial charge < -0.3 is 0 Å². The van der Waals surface area contributed by atoms with Crippen molar-refractivity contribution in [1.82, 2.24) is 0 Å². The van der Waals surface area contributed by atoms with Gasteiger partial charge in [0, 0.05) is 34.1 Å². The monoisotopic (exact) mass is 230 g/mol. The smallest absolute Gasteiger partial charge is 0.134 e. The van der Waals surface area contributed by atoms with E-state index in [1.807, 2.05) is 6.92 Å². The van der Waals surface area contributed by atoms with E-state index in [2.05, 4.69) is 20.8 Å². The molecule has 1 fully saturated rings. The highest BCUT2D eigenvalue weighted by Crippen LogP contribution is 2.38. The van der Waals surface area contributed by atoms with Crippen LogP contribution < -0.4 is 0 Å². The minimum Gasteiger partial charge on any atom is -0.300 e. The zero-order chi connectivity index (χ0) is 11.6. The lowest BCUT2D eigenvalue weighted by molar-refractivity contribution is -0.121. The summed E-state index contributed by atoms with van der Waals surface area (Å²) in [6.45, 7) is 8.36. The molecule has 0 N–H and O–H groups in total. The van der Waals surface area contributed by atoms with Gasteiger partial charge in [0.1, 0.15) is 5.78 Å². The molecular weight excluding hydrogens is 208 g/mol. The van der Waals surface area contributed by atoms with Gasteiger partial charge in [-0.1, -0.05) is 27.7 Å². The van der Waals surface area contributed by atoms with Crippen molar-refractivity contribution in [2.45, 2.75) is 63.9 Å². The number of carbonyl (C=O) groups is 1. The Bertz CT molecular complexity index is 271. The van der Waals surface area contributed by atoms with Crippen molar-refractivity contribution in [2.24, 2.45) is 5.41 Å². The Morgan fingerprint density at radius 1 is 1.53 bits per heavy atom. The summed E-state index contributed by atoms with van der Waals surface area (Å²) in [5, 5.41) is 0.272. The molecule has 0 radical (unpaired) electrons. The van der Waals surface area contributed by atoms with Crippen molar-refractivity contribution in [3.63, 3.8) is 0 Å². The molecule has 88 valence electrons. The molecule has 0 saturated heterocycles. The van der Waals surface area contributed by atoms with Gasteiger partial charge in [-0.05, 0) is 18.3 Å². The van der Waals surface area contributed by atoms with Gasteiger partial charge in [-0.3, -0.25) is 9.00 Å². The Balaban J connectivity index is 2.80. The van der Waals surface area contributed by atoms with Gasteiger partial charge in [0.05, 0.1) is 0 Å². The van der Waals surface area contributed by atoms with E-state index in [1.165, 1.54) is 0 Å². The Hall–Kier alpha value is -0.180. The normalized spacial score (nSPS) is 29.9. The average Bonchev–Trinajstić information content (AvgIpc) is 2.19. The maximum Gasteiger partial charge on any atom is 0.134 e. The van der Waals surface area contributed by atoms with Crippen molar-refractivity contribution in [1.29, 1.82) is 0 Å². The Labute approximate surface area is 95.3 Å². The molecule has 3 atom stereocenters. The molecule has 0 aromatic carbocycles. The molecule has 0 bridgehead atoms. The second-order valence-electron chi connectivity index (χ2n) is 5.27. The highest BCUT2D eigenvalue weighted by molar-refractivity contribution is 7.86. The first-order valence-corrected chi connectivity index (χ1v) is 7.07. The molecule has 1 rings (SSSR count). The van der Waals surface area contributed by atoms with Crippen molar-refractivity contribution >= 4 is 16.6 Å². The molecule has 0 aromatic rings. The van der Waals surface area contributed by atoms with Crippen LogP contribution in [0.4, 0.5) is 0 Å². The van der Waals surface area contributed by atoms with Gasteiger partial charge in [0.25, 0.3) is 0 Å². The third-order valence-corrected chi connectivity index (χ3v) is 6.08. The topological polar surface area (TPSA) is 34.1 Å². The Morgan fingerprint density at radius 2 is 2.13 bits per heavy atom. The van der Waals surface area contributed by atoms with Crippen molar-refractivity contribution < 1.29 is 9.00 Å². The van der Waals surface area contributed by atoms with Crippen molar-refractivity contribution in [3.05, 3.63) is 0 Å². The van der Waals surface area contributed by atoms with E-state index in [1.54, 1.807) is 0 Å². The van der Waals surface area contributed by atoms with Crippen LogP contribution in [0.2, 0.25) is 0 Å². The maximum absolute atomic E-state index is 12.2. The second kappa shape index (κ2) is 4.77. The van der Waals surface area contributed by atoms with Crippen LogP contribution in [0.5, 0.6) is 0 Å². The first-order chi connectivity index (χ1) is 6.88. The van der Waals surface area contributed by atoms with Crippen LogP contribution in [-0.2, 0) is 15.6 Å². The fourth-order valence-corrected chi connectivity index (χ4v) is 4.04. The van der Waals surface area contributed by atoms with Crippen LogP contribution in [0.15, 0.2) is 0 Å². The fraction of sp³-hybridized carbons (Fsp3) is 0.917. The van der Waals surface area contributed by atoms with E-state index in [9.17, 15) is 9.00 Å². The molecule has 15 heavy (non-hydrogen) atoms. The minimum absolute atomic E-state index is 0.0577. The molecule has 1 saturated carbocycles. The van der Waals surface area contributed by atoms with Gasteiger partial charge in [-0.15, -0.1) is 0 Å². The highest BCUT2D eigenvalue weighted by atomic mass is 32.2. The molecule has 0 amide bonds. The second-order valence-corrected chi connectivity index (χ2v) is 7.30. The predicted molar refractivity (Wildman–Crippen MR) is 64.3 cm³/mol. The number of rotatable bonds is 3. The van der Waals surface area contributed by atoms with Crippen LogP contribution in [0.1, 0.15) is 53.4 Å². The first-order valence-electron chi connectivity index (χ1n) is 5.79. The van der Waals surface area contributed by atoms with Gasteiger partial charge in [0.2, 0.25) is 0 Å². The molecule has 1 aliphatic carbocycles. The molecule has 0 heterocycles. The average molecular weight is 230 g/mol. The lowest BCUT2D eigenvalue weighted by Gasteiger charge is -2.38. The summed E-state index contributed by atoms with van der Waals surface area (Å²) < 4.78 is 12.2. The van der Waals surface area contributed by atoms with Crippen LogP contribution in [-0.4, -0.2) is 20.5 Å². The Morgan fingerprint density at radius 3 is 2.67 bits per heavy atom. The molecule has 3 unspecified atom stereocenters. The summed E-state index contributed by atoms with van der Waals surface area (Å²) >= 11 is 0. The van der Waals surface area contributed by atoms with Gasteiger partial charge >= 0.3 is 0 Å². The molecule has 1 aliphatic rings. The maximum atomic E-state index is 12.2. The summed E-state index contributed by atoms with van der Waals surface area (Å²) in [6.07, 6.45) is 3.00. The summed E-state index contributed by atoms with van der Waals surface area (Å²) in [7, 11) is -0.862. The van der Waals surface area contributed by atoms with E-state index in [-0.39, 0.29) is 21.7 Å². The number of Topliss-reactive ketones (excluding diaryl/α,β-unsaturated/α-hetero) is 1. The standard InChI is InChI=1S/C12H22O2S/c1-5-9(2)15(14)11-8-10(13)6-7-12(11,3)4/h9,11H,5-8H2,1-4H3. The number of hydrogen-bond donors (Lipinski definition) is 0. The zero-order valence-electron chi connectivity index (χ0n) is 10.2. The van der Waals surface area contributed by atoms with Gasteiger partial charge in [-0.2, -0.15) is 0 Å². The van der Waals surface area contributed by atoms with Crippen molar-refractivity contribution in [3.8, 4) is 0 Å². The predicted octanol–water partition coefficient (Wildman–Crippen LogP) is 2.68. The lowest BCUT2D eigenvalue weighted by atomic mass is 9.76. The largest absolute Gasteiger partial charge is 0.300 e. The quantitative estimate of drug-likeness (QED) is 0.747. The molecule has 0 aliphatic heterocycles. The van der Waals surface area contributed by atoms with Gasteiger partial charge in [0.15, 0.2) is 0 Å². The van der Waals surface area contributed by atoms with E-state index in [4.69, 9.17) is 0 Å². The summed E-state index contributed by atoms with van der Waals surface area (Å²) in [5.41, 5.74) is 0.0577. The van der Waals surface area contributed by atoms with Crippen LogP contribution in [0, 0.1) is 5.41 Å². The molecule has 0 spiro atoms. The molecule has 0 aromatic heterocycles. The molecular formula is C12H22O2S. The highest BCUT2D eigenvalue weighted by Gasteiger charge is 2.40.